The minimum absolute atomic E-state index is 0.173. The standard InChI is InChI=1S/C21H29N3O2/c1-2-23-16-19(18-8-3-4-9-20(18)23)21(25)24-11-6-10-22(12-13-24)15-17-7-5-14-26-17/h3-4,8-9,16-17H,2,5-7,10-15H2,1H3/t17-/m1/s1. The molecule has 0 N–H and O–H groups in total. The van der Waals surface area contributed by atoms with Crippen LogP contribution in [0.4, 0.5) is 0 Å². The lowest BCUT2D eigenvalue weighted by Gasteiger charge is -2.24. The van der Waals surface area contributed by atoms with Crippen LogP contribution in [-0.2, 0) is 11.3 Å². The van der Waals surface area contributed by atoms with Crippen molar-refractivity contribution in [3.8, 4) is 0 Å². The minimum atomic E-state index is 0.173. The topological polar surface area (TPSA) is 37.7 Å². The van der Waals surface area contributed by atoms with Crippen molar-refractivity contribution in [2.45, 2.75) is 38.8 Å². The summed E-state index contributed by atoms with van der Waals surface area (Å²) in [5.41, 5.74) is 1.99. The molecule has 4 rings (SSSR count). The quantitative estimate of drug-likeness (QED) is 0.846. The molecule has 0 radical (unpaired) electrons. The van der Waals surface area contributed by atoms with Gasteiger partial charge in [-0.15, -0.1) is 0 Å². The number of hydrogen-bond acceptors (Lipinski definition) is 3. The van der Waals surface area contributed by atoms with E-state index in [0.29, 0.717) is 6.10 Å². The molecular weight excluding hydrogens is 326 g/mol. The first-order chi connectivity index (χ1) is 12.8. The Labute approximate surface area is 155 Å². The van der Waals surface area contributed by atoms with E-state index in [1.165, 1.54) is 12.8 Å². The summed E-state index contributed by atoms with van der Waals surface area (Å²) in [7, 11) is 0. The SMILES string of the molecule is CCn1cc(C(=O)N2CCCN(C[C@H]3CCCO3)CC2)c2ccccc21. The number of fused-ring (bicyclic) bond motifs is 1. The molecule has 2 aliphatic heterocycles. The number of para-hydroxylation sites is 1. The Hall–Kier alpha value is -1.85. The van der Waals surface area contributed by atoms with Gasteiger partial charge in [0, 0.05) is 56.4 Å². The molecule has 5 heteroatoms. The number of aromatic nitrogens is 1. The Balaban J connectivity index is 1.47. The predicted octanol–water partition coefficient (Wildman–Crippen LogP) is 2.99. The van der Waals surface area contributed by atoms with Crippen molar-refractivity contribution in [3.63, 3.8) is 0 Å². The lowest BCUT2D eigenvalue weighted by atomic mass is 10.1. The lowest BCUT2D eigenvalue weighted by molar-refractivity contribution is 0.0705. The number of benzene rings is 1. The molecule has 0 spiro atoms. The monoisotopic (exact) mass is 355 g/mol. The van der Waals surface area contributed by atoms with Crippen LogP contribution in [0.25, 0.3) is 10.9 Å². The molecule has 1 aromatic carbocycles. The van der Waals surface area contributed by atoms with Crippen LogP contribution in [0, 0.1) is 0 Å². The fraction of sp³-hybridized carbons (Fsp3) is 0.571. The molecule has 2 aromatic rings. The third kappa shape index (κ3) is 3.51. The summed E-state index contributed by atoms with van der Waals surface area (Å²) in [5, 5.41) is 1.07. The van der Waals surface area contributed by atoms with Crippen molar-refractivity contribution < 1.29 is 9.53 Å². The molecule has 1 aromatic heterocycles. The Morgan fingerprint density at radius 2 is 2.04 bits per heavy atom. The van der Waals surface area contributed by atoms with Gasteiger partial charge in [0.1, 0.15) is 0 Å². The molecule has 0 saturated carbocycles. The van der Waals surface area contributed by atoms with Crippen molar-refractivity contribution in [2.75, 3.05) is 39.3 Å². The zero-order valence-electron chi connectivity index (χ0n) is 15.7. The molecule has 3 heterocycles. The summed E-state index contributed by atoms with van der Waals surface area (Å²) >= 11 is 0. The fourth-order valence-electron chi connectivity index (χ4n) is 4.28. The van der Waals surface area contributed by atoms with E-state index in [0.717, 1.165) is 68.8 Å². The second-order valence-electron chi connectivity index (χ2n) is 7.43. The predicted molar refractivity (Wildman–Crippen MR) is 104 cm³/mol. The average molecular weight is 355 g/mol. The number of amides is 1. The van der Waals surface area contributed by atoms with Gasteiger partial charge in [-0.25, -0.2) is 0 Å². The first-order valence-corrected chi connectivity index (χ1v) is 9.97. The van der Waals surface area contributed by atoms with Crippen molar-refractivity contribution >= 4 is 16.8 Å². The lowest BCUT2D eigenvalue weighted by Crippen LogP contribution is -2.37. The number of ether oxygens (including phenoxy) is 1. The Morgan fingerprint density at radius 3 is 2.85 bits per heavy atom. The summed E-state index contributed by atoms with van der Waals surface area (Å²) in [6, 6.07) is 8.22. The first kappa shape index (κ1) is 17.6. The molecule has 26 heavy (non-hydrogen) atoms. The molecule has 0 aliphatic carbocycles. The third-order valence-electron chi connectivity index (χ3n) is 5.72. The second-order valence-corrected chi connectivity index (χ2v) is 7.43. The molecule has 140 valence electrons. The summed E-state index contributed by atoms with van der Waals surface area (Å²) < 4.78 is 7.95. The fourth-order valence-corrected chi connectivity index (χ4v) is 4.28. The van der Waals surface area contributed by atoms with E-state index >= 15 is 0 Å². The maximum absolute atomic E-state index is 13.2. The highest BCUT2D eigenvalue weighted by Crippen LogP contribution is 2.23. The zero-order chi connectivity index (χ0) is 17.9. The molecule has 2 fully saturated rings. The molecule has 2 saturated heterocycles. The molecule has 1 atom stereocenters. The zero-order valence-corrected chi connectivity index (χ0v) is 15.7. The van der Waals surface area contributed by atoms with Crippen LogP contribution in [0.5, 0.6) is 0 Å². The van der Waals surface area contributed by atoms with Crippen LogP contribution in [-0.4, -0.2) is 65.7 Å². The van der Waals surface area contributed by atoms with Gasteiger partial charge in [-0.3, -0.25) is 9.69 Å². The largest absolute Gasteiger partial charge is 0.377 e. The van der Waals surface area contributed by atoms with Gasteiger partial charge in [0.25, 0.3) is 5.91 Å². The Bertz CT molecular complexity index is 764. The van der Waals surface area contributed by atoms with Gasteiger partial charge in [0.2, 0.25) is 0 Å². The summed E-state index contributed by atoms with van der Waals surface area (Å²) in [5.74, 6) is 0.173. The van der Waals surface area contributed by atoms with E-state index in [1.807, 2.05) is 23.2 Å². The van der Waals surface area contributed by atoms with Gasteiger partial charge in [0.15, 0.2) is 0 Å². The number of aryl methyl sites for hydroxylation is 1. The van der Waals surface area contributed by atoms with E-state index in [9.17, 15) is 4.79 Å². The van der Waals surface area contributed by atoms with Crippen LogP contribution in [0.1, 0.15) is 36.5 Å². The molecular formula is C21H29N3O2. The average Bonchev–Trinajstić information content (AvgIpc) is 3.24. The molecule has 1 amide bonds. The van der Waals surface area contributed by atoms with E-state index in [4.69, 9.17) is 4.74 Å². The second kappa shape index (κ2) is 7.80. The number of rotatable bonds is 4. The molecule has 2 aliphatic rings. The van der Waals surface area contributed by atoms with Gasteiger partial charge in [0.05, 0.1) is 11.7 Å². The highest BCUT2D eigenvalue weighted by Gasteiger charge is 2.25. The summed E-state index contributed by atoms with van der Waals surface area (Å²) in [4.78, 5) is 17.7. The smallest absolute Gasteiger partial charge is 0.256 e. The number of hydrogen-bond donors (Lipinski definition) is 0. The van der Waals surface area contributed by atoms with Crippen LogP contribution in [0.3, 0.4) is 0 Å². The van der Waals surface area contributed by atoms with Crippen molar-refractivity contribution in [2.24, 2.45) is 0 Å². The molecule has 5 nitrogen and oxygen atoms in total. The van der Waals surface area contributed by atoms with Crippen LogP contribution in [0.2, 0.25) is 0 Å². The highest BCUT2D eigenvalue weighted by molar-refractivity contribution is 6.07. The van der Waals surface area contributed by atoms with Crippen LogP contribution in [0.15, 0.2) is 30.5 Å². The molecule has 0 unspecified atom stereocenters. The van der Waals surface area contributed by atoms with Crippen molar-refractivity contribution in [3.05, 3.63) is 36.0 Å². The first-order valence-electron chi connectivity index (χ1n) is 9.97. The summed E-state index contributed by atoms with van der Waals surface area (Å²) in [6.07, 6.45) is 5.81. The van der Waals surface area contributed by atoms with Crippen molar-refractivity contribution in [1.29, 1.82) is 0 Å². The van der Waals surface area contributed by atoms with Gasteiger partial charge in [-0.1, -0.05) is 18.2 Å². The van der Waals surface area contributed by atoms with Crippen LogP contribution >= 0.6 is 0 Å². The Kier molecular flexibility index (Phi) is 5.27. The molecule has 0 bridgehead atoms. The maximum atomic E-state index is 13.2. The highest BCUT2D eigenvalue weighted by atomic mass is 16.5. The summed E-state index contributed by atoms with van der Waals surface area (Å²) in [6.45, 7) is 8.56. The van der Waals surface area contributed by atoms with Gasteiger partial charge < -0.3 is 14.2 Å². The minimum Gasteiger partial charge on any atom is -0.377 e. The van der Waals surface area contributed by atoms with E-state index in [-0.39, 0.29) is 5.91 Å². The van der Waals surface area contributed by atoms with Crippen LogP contribution < -0.4 is 0 Å². The number of carbonyl (C=O) groups is 1. The van der Waals surface area contributed by atoms with Crippen molar-refractivity contribution in [1.82, 2.24) is 14.4 Å². The van der Waals surface area contributed by atoms with Gasteiger partial charge in [-0.05, 0) is 38.8 Å². The third-order valence-corrected chi connectivity index (χ3v) is 5.72. The number of nitrogens with zero attached hydrogens (tertiary/aromatic N) is 3. The Morgan fingerprint density at radius 1 is 1.15 bits per heavy atom. The van der Waals surface area contributed by atoms with Gasteiger partial charge in [-0.2, -0.15) is 0 Å². The van der Waals surface area contributed by atoms with E-state index < -0.39 is 0 Å². The van der Waals surface area contributed by atoms with Gasteiger partial charge >= 0.3 is 0 Å². The normalized spacial score (nSPS) is 22.0. The van der Waals surface area contributed by atoms with E-state index in [1.54, 1.807) is 0 Å². The number of carbonyl (C=O) groups excluding carboxylic acids is 1. The van der Waals surface area contributed by atoms with E-state index in [2.05, 4.69) is 28.5 Å². The maximum Gasteiger partial charge on any atom is 0.256 e.